The van der Waals surface area contributed by atoms with Crippen LogP contribution >= 0.6 is 12.2 Å². The van der Waals surface area contributed by atoms with Crippen LogP contribution < -0.4 is 16.2 Å². The molecule has 0 spiro atoms. The number of H-pyrrole nitrogens is 1. The lowest BCUT2D eigenvalue weighted by atomic mass is 10.2. The third kappa shape index (κ3) is 2.80. The number of ether oxygens (including phenoxy) is 1. The maximum absolute atomic E-state index is 11.4. The molecule has 1 atom stereocenters. The van der Waals surface area contributed by atoms with E-state index in [0.717, 1.165) is 0 Å². The Morgan fingerprint density at radius 1 is 1.76 bits per heavy atom. The number of hydrogen-bond acceptors (Lipinski definition) is 5. The van der Waals surface area contributed by atoms with E-state index < -0.39 is 0 Å². The van der Waals surface area contributed by atoms with Crippen LogP contribution in [0.3, 0.4) is 0 Å². The first-order valence-corrected chi connectivity index (χ1v) is 5.71. The summed E-state index contributed by atoms with van der Waals surface area (Å²) >= 11 is 4.91. The summed E-state index contributed by atoms with van der Waals surface area (Å²) < 4.78 is 5.43. The van der Waals surface area contributed by atoms with Crippen LogP contribution in [-0.4, -0.2) is 40.8 Å². The van der Waals surface area contributed by atoms with Crippen molar-refractivity contribution in [2.75, 3.05) is 24.6 Å². The van der Waals surface area contributed by atoms with Gasteiger partial charge in [-0.25, -0.2) is 4.98 Å². The van der Waals surface area contributed by atoms with Crippen LogP contribution in [0, 0.1) is 6.92 Å². The second-order valence-electron chi connectivity index (χ2n) is 3.90. The standard InChI is InChI=1S/C10H14N4O2S/c1-6-12-8(4-9(15)13-6)14-2-3-16-7(5-14)10(11)17/h4,7H,2-3,5H2,1H3,(H2,11,17)(H,12,13,15). The molecule has 0 amide bonds. The van der Waals surface area contributed by atoms with E-state index in [1.165, 1.54) is 6.07 Å². The number of anilines is 1. The van der Waals surface area contributed by atoms with Gasteiger partial charge in [-0.3, -0.25) is 4.79 Å². The predicted octanol–water partition coefficient (Wildman–Crippen LogP) is -0.430. The molecule has 17 heavy (non-hydrogen) atoms. The number of nitrogens with two attached hydrogens (primary N) is 1. The fraction of sp³-hybridized carbons (Fsp3) is 0.500. The van der Waals surface area contributed by atoms with Crippen molar-refractivity contribution in [1.82, 2.24) is 9.97 Å². The molecule has 1 aromatic rings. The Labute approximate surface area is 104 Å². The molecule has 92 valence electrons. The molecular formula is C10H14N4O2S. The summed E-state index contributed by atoms with van der Waals surface area (Å²) in [5.74, 6) is 1.22. The SMILES string of the molecule is Cc1nc(N2CCOC(C(N)=S)C2)cc(=O)[nH]1. The van der Waals surface area contributed by atoms with Gasteiger partial charge < -0.3 is 20.4 Å². The lowest BCUT2D eigenvalue weighted by Crippen LogP contribution is -2.48. The second kappa shape index (κ2) is 4.80. The third-order valence-corrected chi connectivity index (χ3v) is 2.82. The molecule has 1 aliphatic rings. The lowest BCUT2D eigenvalue weighted by molar-refractivity contribution is 0.0844. The van der Waals surface area contributed by atoms with Crippen molar-refractivity contribution in [3.8, 4) is 0 Å². The highest BCUT2D eigenvalue weighted by molar-refractivity contribution is 7.80. The Balaban J connectivity index is 2.21. The van der Waals surface area contributed by atoms with E-state index in [2.05, 4.69) is 9.97 Å². The van der Waals surface area contributed by atoms with Gasteiger partial charge in [0.2, 0.25) is 0 Å². The normalized spacial score (nSPS) is 20.3. The van der Waals surface area contributed by atoms with Gasteiger partial charge in [-0.05, 0) is 6.92 Å². The van der Waals surface area contributed by atoms with Gasteiger partial charge in [0.25, 0.3) is 5.56 Å². The van der Waals surface area contributed by atoms with Crippen molar-refractivity contribution >= 4 is 23.0 Å². The van der Waals surface area contributed by atoms with E-state index >= 15 is 0 Å². The molecule has 1 fully saturated rings. The van der Waals surface area contributed by atoms with Crippen LogP contribution in [0.1, 0.15) is 5.82 Å². The van der Waals surface area contributed by atoms with Crippen molar-refractivity contribution in [3.63, 3.8) is 0 Å². The van der Waals surface area contributed by atoms with E-state index in [4.69, 9.17) is 22.7 Å². The number of aryl methyl sites for hydroxylation is 1. The molecule has 1 aromatic heterocycles. The minimum absolute atomic E-state index is 0.161. The summed E-state index contributed by atoms with van der Waals surface area (Å²) in [7, 11) is 0. The van der Waals surface area contributed by atoms with Crippen LogP contribution in [0.4, 0.5) is 5.82 Å². The second-order valence-corrected chi connectivity index (χ2v) is 4.37. The number of nitrogens with zero attached hydrogens (tertiary/aromatic N) is 2. The van der Waals surface area contributed by atoms with Gasteiger partial charge in [-0.15, -0.1) is 0 Å². The first-order valence-electron chi connectivity index (χ1n) is 5.30. The highest BCUT2D eigenvalue weighted by atomic mass is 32.1. The number of morpholine rings is 1. The molecule has 0 aliphatic carbocycles. The molecule has 0 aromatic carbocycles. The van der Waals surface area contributed by atoms with E-state index in [0.29, 0.717) is 36.3 Å². The molecule has 0 bridgehead atoms. The average Bonchev–Trinajstić information content (AvgIpc) is 2.28. The van der Waals surface area contributed by atoms with Crippen LogP contribution in [0.5, 0.6) is 0 Å². The van der Waals surface area contributed by atoms with Crippen molar-refractivity contribution < 1.29 is 4.74 Å². The van der Waals surface area contributed by atoms with Crippen molar-refractivity contribution in [3.05, 3.63) is 22.2 Å². The fourth-order valence-electron chi connectivity index (χ4n) is 1.76. The van der Waals surface area contributed by atoms with Gasteiger partial charge in [-0.2, -0.15) is 0 Å². The Morgan fingerprint density at radius 2 is 2.53 bits per heavy atom. The minimum Gasteiger partial charge on any atom is -0.391 e. The van der Waals surface area contributed by atoms with E-state index in [-0.39, 0.29) is 11.7 Å². The maximum atomic E-state index is 11.4. The van der Waals surface area contributed by atoms with E-state index in [1.807, 2.05) is 4.90 Å². The third-order valence-electron chi connectivity index (χ3n) is 2.55. The van der Waals surface area contributed by atoms with E-state index in [9.17, 15) is 4.79 Å². The predicted molar refractivity (Wildman–Crippen MR) is 68.3 cm³/mol. The summed E-state index contributed by atoms with van der Waals surface area (Å²) in [5.41, 5.74) is 5.40. The van der Waals surface area contributed by atoms with Crippen molar-refractivity contribution in [2.45, 2.75) is 13.0 Å². The van der Waals surface area contributed by atoms with Gasteiger partial charge in [0, 0.05) is 12.6 Å². The zero-order valence-electron chi connectivity index (χ0n) is 9.47. The number of hydrogen-bond donors (Lipinski definition) is 2. The Bertz CT molecular complexity index is 487. The van der Waals surface area contributed by atoms with Gasteiger partial charge in [0.1, 0.15) is 22.7 Å². The number of thiocarbonyl (C=S) groups is 1. The molecule has 6 nitrogen and oxygen atoms in total. The smallest absolute Gasteiger partial charge is 0.252 e. The highest BCUT2D eigenvalue weighted by Crippen LogP contribution is 2.13. The summed E-state index contributed by atoms with van der Waals surface area (Å²) in [6, 6.07) is 1.47. The fourth-order valence-corrected chi connectivity index (χ4v) is 1.90. The first kappa shape index (κ1) is 12.0. The van der Waals surface area contributed by atoms with Crippen LogP contribution in [-0.2, 0) is 4.74 Å². The Morgan fingerprint density at radius 3 is 3.18 bits per heavy atom. The van der Waals surface area contributed by atoms with Crippen LogP contribution in [0.25, 0.3) is 0 Å². The summed E-state index contributed by atoms with van der Waals surface area (Å²) in [6.07, 6.45) is -0.278. The molecule has 2 heterocycles. The molecule has 1 saturated heterocycles. The molecule has 1 aliphatic heterocycles. The maximum Gasteiger partial charge on any atom is 0.252 e. The topological polar surface area (TPSA) is 84.2 Å². The molecule has 1 unspecified atom stereocenters. The number of nitrogens with one attached hydrogen (secondary N) is 1. The molecule has 0 radical (unpaired) electrons. The van der Waals surface area contributed by atoms with Crippen molar-refractivity contribution in [2.24, 2.45) is 5.73 Å². The zero-order valence-corrected chi connectivity index (χ0v) is 10.3. The summed E-state index contributed by atoms with van der Waals surface area (Å²) in [5, 5.41) is 0. The average molecular weight is 254 g/mol. The Kier molecular flexibility index (Phi) is 3.39. The van der Waals surface area contributed by atoms with Gasteiger partial charge in [0.05, 0.1) is 13.2 Å². The first-order chi connectivity index (χ1) is 8.06. The zero-order chi connectivity index (χ0) is 12.4. The van der Waals surface area contributed by atoms with Gasteiger partial charge >= 0.3 is 0 Å². The summed E-state index contributed by atoms with van der Waals surface area (Å²) in [4.78, 5) is 20.5. The quantitative estimate of drug-likeness (QED) is 0.697. The minimum atomic E-state index is -0.278. The molecule has 7 heteroatoms. The van der Waals surface area contributed by atoms with Crippen LogP contribution in [0.2, 0.25) is 0 Å². The number of aromatic nitrogens is 2. The van der Waals surface area contributed by atoms with E-state index in [1.54, 1.807) is 6.92 Å². The largest absolute Gasteiger partial charge is 0.391 e. The van der Waals surface area contributed by atoms with Crippen molar-refractivity contribution in [1.29, 1.82) is 0 Å². The van der Waals surface area contributed by atoms with Gasteiger partial charge in [0.15, 0.2) is 0 Å². The molecule has 2 rings (SSSR count). The van der Waals surface area contributed by atoms with Gasteiger partial charge in [-0.1, -0.05) is 12.2 Å². The lowest BCUT2D eigenvalue weighted by Gasteiger charge is -2.33. The molecule has 3 N–H and O–H groups in total. The Hall–Kier alpha value is -1.47. The number of rotatable bonds is 2. The number of aromatic amines is 1. The molecular weight excluding hydrogens is 240 g/mol. The monoisotopic (exact) mass is 254 g/mol. The highest BCUT2D eigenvalue weighted by Gasteiger charge is 2.23. The summed E-state index contributed by atoms with van der Waals surface area (Å²) in [6.45, 7) is 3.48. The van der Waals surface area contributed by atoms with Crippen LogP contribution in [0.15, 0.2) is 10.9 Å². The molecule has 0 saturated carbocycles.